The van der Waals surface area contributed by atoms with Crippen molar-refractivity contribution in [3.05, 3.63) is 167 Å². The maximum atomic E-state index is 12.9. The standard InChI is InChI=1S/2C22H19F2N5O3.C2H6.2H2/c1-2-31-18-10-19-26-14(13-32-20-8-3-4-9-25-20)11-29(19)12-17(18)28-22(30)16-7-5-6-15(27-16)21(23)24;1-2-32-18-10-19-25-14(11-28-9-4-3-8-20(28)30)12-29(19)13-17(18)27-22(31)16-7-5-6-15(26-16)21(23)24;1-2;;/h3-12,21H,2,13H2,1H3,(H,28,30);3-10,12-13,21H,2,11H2,1H3,(H,27,31);1-2H3;2*1H. The van der Waals surface area contributed by atoms with Gasteiger partial charge in [-0.2, -0.15) is 0 Å². The van der Waals surface area contributed by atoms with Gasteiger partial charge in [0.25, 0.3) is 30.2 Å². The Morgan fingerprint density at radius 2 is 1.18 bits per heavy atom. The molecule has 16 nitrogen and oxygen atoms in total. The zero-order valence-electron chi connectivity index (χ0n) is 36.1. The Bertz CT molecular complexity index is 2980. The zero-order chi connectivity index (χ0) is 47.2. The Kier molecular flexibility index (Phi) is 16.1. The molecule has 0 radical (unpaired) electrons. The SMILES string of the molecule is CC.CCOc1cc2nc(COc3ccccn3)cn2cc1NC(=O)c1cccc(C(F)F)n1.CCOc1cc2nc(Cn3ccccc3=O)cn2cc1NC(=O)c1cccc(C(F)F)n1.[HH].[HH]. The molecule has 0 aliphatic heterocycles. The van der Waals surface area contributed by atoms with E-state index in [1.54, 1.807) is 96.2 Å². The number of hydrogen-bond acceptors (Lipinski definition) is 11. The Balaban J connectivity index is 0.000000278. The number of amides is 2. The average Bonchev–Trinajstić information content (AvgIpc) is 3.92. The van der Waals surface area contributed by atoms with E-state index in [0.717, 1.165) is 6.07 Å². The van der Waals surface area contributed by atoms with Crippen LogP contribution in [0.5, 0.6) is 17.4 Å². The highest BCUT2D eigenvalue weighted by atomic mass is 19.3. The molecule has 8 rings (SSSR count). The van der Waals surface area contributed by atoms with Crippen LogP contribution < -0.4 is 30.4 Å². The van der Waals surface area contributed by atoms with Gasteiger partial charge in [-0.3, -0.25) is 14.4 Å². The summed E-state index contributed by atoms with van der Waals surface area (Å²) < 4.78 is 73.5. The van der Waals surface area contributed by atoms with Crippen molar-refractivity contribution in [2.24, 2.45) is 0 Å². The van der Waals surface area contributed by atoms with Crippen LogP contribution in [0.25, 0.3) is 11.3 Å². The maximum absolute atomic E-state index is 12.9. The van der Waals surface area contributed by atoms with Gasteiger partial charge in [0.05, 0.1) is 31.1 Å². The fourth-order valence-electron chi connectivity index (χ4n) is 6.14. The summed E-state index contributed by atoms with van der Waals surface area (Å²) in [7, 11) is 0. The van der Waals surface area contributed by atoms with Crippen LogP contribution in [0.2, 0.25) is 0 Å². The van der Waals surface area contributed by atoms with Gasteiger partial charge in [0, 0.05) is 64.3 Å². The van der Waals surface area contributed by atoms with Gasteiger partial charge in [-0.05, 0) is 50.2 Å². The molecule has 66 heavy (non-hydrogen) atoms. The highest BCUT2D eigenvalue weighted by Gasteiger charge is 2.19. The topological polar surface area (TPSA) is 181 Å². The fourth-order valence-corrected chi connectivity index (χ4v) is 6.14. The number of carbonyl (C=O) groups excluding carboxylic acids is 2. The van der Waals surface area contributed by atoms with Gasteiger partial charge in [0.2, 0.25) is 5.88 Å². The molecule has 0 aliphatic rings. The van der Waals surface area contributed by atoms with Crippen molar-refractivity contribution < 1.29 is 44.2 Å². The summed E-state index contributed by atoms with van der Waals surface area (Å²) in [5.74, 6) is -0.0461. The van der Waals surface area contributed by atoms with E-state index >= 15 is 0 Å². The first-order chi connectivity index (χ1) is 32.0. The largest absolute Gasteiger partial charge is 0.491 e. The second kappa shape index (κ2) is 22.5. The third kappa shape index (κ3) is 12.1. The molecule has 2 N–H and O–H groups in total. The minimum atomic E-state index is -2.78. The van der Waals surface area contributed by atoms with E-state index in [1.165, 1.54) is 41.0 Å². The van der Waals surface area contributed by atoms with E-state index in [-0.39, 0.29) is 33.0 Å². The van der Waals surface area contributed by atoms with Crippen LogP contribution >= 0.6 is 0 Å². The molecule has 0 bridgehead atoms. The number of alkyl halides is 4. The van der Waals surface area contributed by atoms with E-state index < -0.39 is 36.1 Å². The molecule has 346 valence electrons. The predicted molar refractivity (Wildman–Crippen MR) is 241 cm³/mol. The Morgan fingerprint density at radius 1 is 0.652 bits per heavy atom. The van der Waals surface area contributed by atoms with Gasteiger partial charge in [0.15, 0.2) is 0 Å². The van der Waals surface area contributed by atoms with Crippen molar-refractivity contribution in [1.82, 2.24) is 38.3 Å². The number of anilines is 2. The van der Waals surface area contributed by atoms with Crippen LogP contribution in [0.15, 0.2) is 127 Å². The molecule has 0 unspecified atom stereocenters. The molecule has 0 atom stereocenters. The van der Waals surface area contributed by atoms with Crippen molar-refractivity contribution >= 4 is 34.5 Å². The first-order valence-corrected chi connectivity index (χ1v) is 20.6. The molecular weight excluding hydrogens is 865 g/mol. The van der Waals surface area contributed by atoms with Crippen molar-refractivity contribution in [3.63, 3.8) is 0 Å². The number of rotatable bonds is 15. The molecule has 0 aliphatic carbocycles. The molecule has 0 fully saturated rings. The number of imidazole rings is 2. The van der Waals surface area contributed by atoms with Crippen LogP contribution in [-0.4, -0.2) is 63.3 Å². The normalized spacial score (nSPS) is 10.8. The van der Waals surface area contributed by atoms with Gasteiger partial charge in [-0.1, -0.05) is 38.1 Å². The minimum Gasteiger partial charge on any atom is -0.491 e. The Morgan fingerprint density at radius 3 is 1.68 bits per heavy atom. The third-order valence-electron chi connectivity index (χ3n) is 9.00. The molecule has 0 aromatic carbocycles. The predicted octanol–water partition coefficient (Wildman–Crippen LogP) is 9.34. The fraction of sp³-hybridized carbons (Fsp3) is 0.217. The number of carbonyl (C=O) groups is 2. The van der Waals surface area contributed by atoms with Crippen molar-refractivity contribution in [1.29, 1.82) is 0 Å². The molecule has 20 heteroatoms. The zero-order valence-corrected chi connectivity index (χ0v) is 36.1. The third-order valence-corrected chi connectivity index (χ3v) is 9.00. The summed E-state index contributed by atoms with van der Waals surface area (Å²) in [4.78, 5) is 57.8. The monoisotopic (exact) mass is 912 g/mol. The lowest BCUT2D eigenvalue weighted by Crippen LogP contribution is -2.18. The number of halogens is 4. The molecule has 0 spiro atoms. The van der Waals surface area contributed by atoms with E-state index in [9.17, 15) is 31.9 Å². The summed E-state index contributed by atoms with van der Waals surface area (Å²) >= 11 is 0. The van der Waals surface area contributed by atoms with Gasteiger partial charge < -0.3 is 38.2 Å². The maximum Gasteiger partial charge on any atom is 0.280 e. The van der Waals surface area contributed by atoms with Gasteiger partial charge in [-0.15, -0.1) is 0 Å². The first-order valence-electron chi connectivity index (χ1n) is 20.6. The summed E-state index contributed by atoms with van der Waals surface area (Å²) in [6.07, 6.45) is 4.48. The van der Waals surface area contributed by atoms with Crippen molar-refractivity contribution in [2.45, 2.75) is 53.7 Å². The minimum absolute atomic E-state index is 0. The van der Waals surface area contributed by atoms with E-state index in [1.807, 2.05) is 19.9 Å². The number of ether oxygens (including phenoxy) is 3. The lowest BCUT2D eigenvalue weighted by atomic mass is 10.2. The summed E-state index contributed by atoms with van der Waals surface area (Å²) in [6, 6.07) is 21.3. The molecule has 8 aromatic heterocycles. The van der Waals surface area contributed by atoms with Crippen molar-refractivity contribution in [3.8, 4) is 17.4 Å². The summed E-state index contributed by atoms with van der Waals surface area (Å²) in [5.41, 5.74) is 1.75. The number of aromatic nitrogens is 8. The van der Waals surface area contributed by atoms with Crippen LogP contribution in [0, 0.1) is 0 Å². The summed E-state index contributed by atoms with van der Waals surface area (Å²) in [6.45, 7) is 8.77. The second-order valence-corrected chi connectivity index (χ2v) is 13.5. The van der Waals surface area contributed by atoms with Gasteiger partial charge in [-0.25, -0.2) is 42.5 Å². The van der Waals surface area contributed by atoms with Crippen LogP contribution in [0.3, 0.4) is 0 Å². The van der Waals surface area contributed by atoms with Crippen LogP contribution in [0.4, 0.5) is 28.9 Å². The van der Waals surface area contributed by atoms with Crippen LogP contribution in [0.1, 0.15) is 87.2 Å². The number of nitrogens with one attached hydrogen (secondary N) is 2. The Labute approximate surface area is 377 Å². The lowest BCUT2D eigenvalue weighted by Gasteiger charge is -2.12. The number of nitrogens with zero attached hydrogens (tertiary/aromatic N) is 8. The Hall–Kier alpha value is -8.16. The molecule has 0 saturated carbocycles. The molecule has 2 amide bonds. The number of fused-ring (bicyclic) bond motifs is 2. The van der Waals surface area contributed by atoms with E-state index in [0.29, 0.717) is 64.6 Å². The second-order valence-electron chi connectivity index (χ2n) is 13.5. The van der Waals surface area contributed by atoms with E-state index in [4.69, 9.17) is 14.2 Å². The average molecular weight is 913 g/mol. The quantitative estimate of drug-likeness (QED) is 0.0936. The van der Waals surface area contributed by atoms with E-state index in [2.05, 4.69) is 35.6 Å². The first kappa shape index (κ1) is 47.3. The molecule has 8 aromatic rings. The molecular formula is C46H48F4N10O6. The summed E-state index contributed by atoms with van der Waals surface area (Å²) in [5, 5.41) is 5.34. The highest BCUT2D eigenvalue weighted by Crippen LogP contribution is 2.29. The van der Waals surface area contributed by atoms with Crippen molar-refractivity contribution in [2.75, 3.05) is 23.8 Å². The molecule has 0 saturated heterocycles. The highest BCUT2D eigenvalue weighted by molar-refractivity contribution is 6.04. The van der Waals surface area contributed by atoms with Crippen LogP contribution in [-0.2, 0) is 13.2 Å². The van der Waals surface area contributed by atoms with Gasteiger partial charge >= 0.3 is 0 Å². The number of pyridine rings is 6. The smallest absolute Gasteiger partial charge is 0.280 e. The molecule has 8 heterocycles. The lowest BCUT2D eigenvalue weighted by molar-refractivity contribution is 0.101. The number of hydrogen-bond donors (Lipinski definition) is 2. The van der Waals surface area contributed by atoms with Gasteiger partial charge in [0.1, 0.15) is 63.6 Å².